The molecule has 0 spiro atoms. The Balaban J connectivity index is 1.82. The SMILES string of the molecule is O=C(c1cc(C(F)(F)F)[nH]n1)N(Cc1ccccc1F)CC1CCOC1. The standard InChI is InChI=1S/C17H17F4N3O2/c18-13-4-2-1-3-12(13)9-24(8-11-5-6-26-10-11)16(25)14-7-15(23-22-14)17(19,20)21/h1-4,7,11H,5-6,8-10H2,(H,22,23). The van der Waals surface area contributed by atoms with Crippen LogP contribution in [0.2, 0.25) is 0 Å². The van der Waals surface area contributed by atoms with E-state index in [0.29, 0.717) is 19.3 Å². The molecule has 5 nitrogen and oxygen atoms in total. The summed E-state index contributed by atoms with van der Waals surface area (Å²) in [5.41, 5.74) is -1.17. The molecular formula is C17H17F4N3O2. The van der Waals surface area contributed by atoms with Crippen LogP contribution in [0.15, 0.2) is 30.3 Å². The van der Waals surface area contributed by atoms with Crippen molar-refractivity contribution in [3.8, 4) is 0 Å². The molecule has 140 valence electrons. The zero-order valence-electron chi connectivity index (χ0n) is 13.7. The van der Waals surface area contributed by atoms with Gasteiger partial charge in [0.1, 0.15) is 11.5 Å². The van der Waals surface area contributed by atoms with Crippen LogP contribution in [0.25, 0.3) is 0 Å². The lowest BCUT2D eigenvalue weighted by Gasteiger charge is -2.25. The van der Waals surface area contributed by atoms with Gasteiger partial charge in [-0.3, -0.25) is 9.89 Å². The van der Waals surface area contributed by atoms with Gasteiger partial charge in [-0.25, -0.2) is 4.39 Å². The molecule has 26 heavy (non-hydrogen) atoms. The van der Waals surface area contributed by atoms with E-state index in [0.717, 1.165) is 6.42 Å². The Labute approximate surface area is 146 Å². The summed E-state index contributed by atoms with van der Waals surface area (Å²) in [5.74, 6) is -1.12. The van der Waals surface area contributed by atoms with Crippen molar-refractivity contribution in [1.82, 2.24) is 15.1 Å². The van der Waals surface area contributed by atoms with Crippen LogP contribution in [0.5, 0.6) is 0 Å². The monoisotopic (exact) mass is 371 g/mol. The fraction of sp³-hybridized carbons (Fsp3) is 0.412. The quantitative estimate of drug-likeness (QED) is 0.821. The molecule has 2 aromatic rings. The highest BCUT2D eigenvalue weighted by Crippen LogP contribution is 2.28. The van der Waals surface area contributed by atoms with Gasteiger partial charge in [-0.1, -0.05) is 18.2 Å². The van der Waals surface area contributed by atoms with Crippen LogP contribution in [-0.2, 0) is 17.5 Å². The first kappa shape index (κ1) is 18.4. The summed E-state index contributed by atoms with van der Waals surface area (Å²) >= 11 is 0. The number of aromatic amines is 1. The van der Waals surface area contributed by atoms with E-state index in [-0.39, 0.29) is 30.3 Å². The number of amides is 1. The molecule has 2 heterocycles. The Kier molecular flexibility index (Phi) is 5.26. The van der Waals surface area contributed by atoms with E-state index >= 15 is 0 Å². The largest absolute Gasteiger partial charge is 0.432 e. The summed E-state index contributed by atoms with van der Waals surface area (Å²) in [5, 5.41) is 5.31. The number of carbonyl (C=O) groups excluding carboxylic acids is 1. The van der Waals surface area contributed by atoms with Crippen molar-refractivity contribution in [3.05, 3.63) is 53.1 Å². The lowest BCUT2D eigenvalue weighted by atomic mass is 10.1. The number of halogens is 4. The highest BCUT2D eigenvalue weighted by Gasteiger charge is 2.35. The first-order valence-electron chi connectivity index (χ1n) is 8.07. The van der Waals surface area contributed by atoms with Crippen molar-refractivity contribution in [2.75, 3.05) is 19.8 Å². The number of alkyl halides is 3. The smallest absolute Gasteiger partial charge is 0.381 e. The molecule has 1 aromatic heterocycles. The molecule has 9 heteroatoms. The maximum Gasteiger partial charge on any atom is 0.432 e. The van der Waals surface area contributed by atoms with Crippen molar-refractivity contribution in [2.45, 2.75) is 19.1 Å². The molecular weight excluding hydrogens is 354 g/mol. The maximum atomic E-state index is 14.0. The molecule has 1 saturated heterocycles. The summed E-state index contributed by atoms with van der Waals surface area (Å²) in [6, 6.07) is 6.64. The van der Waals surface area contributed by atoms with E-state index < -0.39 is 23.6 Å². The number of carbonyl (C=O) groups is 1. The predicted octanol–water partition coefficient (Wildman–Crippen LogP) is 3.25. The van der Waals surface area contributed by atoms with Crippen molar-refractivity contribution >= 4 is 5.91 Å². The molecule has 1 amide bonds. The highest BCUT2D eigenvalue weighted by atomic mass is 19.4. The zero-order valence-corrected chi connectivity index (χ0v) is 13.7. The molecule has 1 N–H and O–H groups in total. The van der Waals surface area contributed by atoms with Crippen molar-refractivity contribution < 1.29 is 27.1 Å². The number of aromatic nitrogens is 2. The van der Waals surface area contributed by atoms with E-state index in [1.54, 1.807) is 6.07 Å². The van der Waals surface area contributed by atoms with Gasteiger partial charge in [-0.15, -0.1) is 0 Å². The topological polar surface area (TPSA) is 58.2 Å². The van der Waals surface area contributed by atoms with Gasteiger partial charge in [0, 0.05) is 37.2 Å². The molecule has 0 radical (unpaired) electrons. The van der Waals surface area contributed by atoms with Gasteiger partial charge in [-0.2, -0.15) is 18.3 Å². The third kappa shape index (κ3) is 4.21. The second kappa shape index (κ2) is 7.45. The van der Waals surface area contributed by atoms with Gasteiger partial charge < -0.3 is 9.64 Å². The number of nitrogens with one attached hydrogen (secondary N) is 1. The maximum absolute atomic E-state index is 14.0. The molecule has 1 atom stereocenters. The third-order valence-corrected chi connectivity index (χ3v) is 4.21. The lowest BCUT2D eigenvalue weighted by Crippen LogP contribution is -2.35. The van der Waals surface area contributed by atoms with Crippen molar-refractivity contribution in [2.24, 2.45) is 5.92 Å². The molecule has 0 aliphatic carbocycles. The van der Waals surface area contributed by atoms with Gasteiger partial charge in [0.25, 0.3) is 5.91 Å². The Morgan fingerprint density at radius 1 is 1.35 bits per heavy atom. The minimum Gasteiger partial charge on any atom is -0.381 e. The number of H-pyrrole nitrogens is 1. The van der Waals surface area contributed by atoms with Crippen molar-refractivity contribution in [1.29, 1.82) is 0 Å². The average Bonchev–Trinajstić information content (AvgIpc) is 3.26. The minimum absolute atomic E-state index is 0.0479. The summed E-state index contributed by atoms with van der Waals surface area (Å²) in [6.45, 7) is 1.21. The third-order valence-electron chi connectivity index (χ3n) is 4.21. The van der Waals surface area contributed by atoms with Gasteiger partial charge in [-0.05, 0) is 12.5 Å². The van der Waals surface area contributed by atoms with Gasteiger partial charge in [0.2, 0.25) is 0 Å². The van der Waals surface area contributed by atoms with Crippen LogP contribution in [0, 0.1) is 11.7 Å². The predicted molar refractivity (Wildman–Crippen MR) is 83.7 cm³/mol. The van der Waals surface area contributed by atoms with Crippen LogP contribution in [0.1, 0.15) is 28.2 Å². The lowest BCUT2D eigenvalue weighted by molar-refractivity contribution is -0.141. The first-order chi connectivity index (χ1) is 12.3. The molecule has 0 bridgehead atoms. The van der Waals surface area contributed by atoms with Crippen LogP contribution >= 0.6 is 0 Å². The normalized spacial score (nSPS) is 17.5. The van der Waals surface area contributed by atoms with Gasteiger partial charge in [0.15, 0.2) is 5.69 Å². The summed E-state index contributed by atoms with van der Waals surface area (Å²) in [6.07, 6.45) is -3.89. The summed E-state index contributed by atoms with van der Waals surface area (Å²) in [4.78, 5) is 14.0. The first-order valence-corrected chi connectivity index (χ1v) is 8.07. The number of rotatable bonds is 5. The number of nitrogens with zero attached hydrogens (tertiary/aromatic N) is 2. The number of hydrogen-bond acceptors (Lipinski definition) is 3. The van der Waals surface area contributed by atoms with Crippen molar-refractivity contribution in [3.63, 3.8) is 0 Å². The second-order valence-electron chi connectivity index (χ2n) is 6.17. The Hall–Kier alpha value is -2.42. The van der Waals surface area contributed by atoms with E-state index in [1.807, 2.05) is 5.10 Å². The fourth-order valence-electron chi connectivity index (χ4n) is 2.83. The summed E-state index contributed by atoms with van der Waals surface area (Å²) in [7, 11) is 0. The Morgan fingerprint density at radius 2 is 2.12 bits per heavy atom. The minimum atomic E-state index is -4.62. The fourth-order valence-corrected chi connectivity index (χ4v) is 2.83. The van der Waals surface area contributed by atoms with E-state index in [1.165, 1.54) is 23.1 Å². The molecule has 3 rings (SSSR count). The Morgan fingerprint density at radius 3 is 2.73 bits per heavy atom. The summed E-state index contributed by atoms with van der Waals surface area (Å²) < 4.78 is 57.4. The number of ether oxygens (including phenoxy) is 1. The van der Waals surface area contributed by atoms with Crippen LogP contribution in [0.4, 0.5) is 17.6 Å². The van der Waals surface area contributed by atoms with Crippen LogP contribution in [-0.4, -0.2) is 40.8 Å². The van der Waals surface area contributed by atoms with Crippen LogP contribution in [0.3, 0.4) is 0 Å². The molecule has 1 unspecified atom stereocenters. The van der Waals surface area contributed by atoms with Gasteiger partial charge >= 0.3 is 6.18 Å². The van der Waals surface area contributed by atoms with E-state index in [2.05, 4.69) is 5.10 Å². The molecule has 1 aromatic carbocycles. The average molecular weight is 371 g/mol. The Bertz CT molecular complexity index is 769. The molecule has 1 fully saturated rings. The van der Waals surface area contributed by atoms with Gasteiger partial charge in [0.05, 0.1) is 6.61 Å². The highest BCUT2D eigenvalue weighted by molar-refractivity contribution is 5.92. The molecule has 1 aliphatic rings. The number of hydrogen-bond donors (Lipinski definition) is 1. The van der Waals surface area contributed by atoms with Crippen LogP contribution < -0.4 is 0 Å². The zero-order chi connectivity index (χ0) is 18.7. The molecule has 0 saturated carbocycles. The van der Waals surface area contributed by atoms with E-state index in [9.17, 15) is 22.4 Å². The molecule has 1 aliphatic heterocycles. The number of benzene rings is 1. The van der Waals surface area contributed by atoms with E-state index in [4.69, 9.17) is 4.74 Å². The second-order valence-corrected chi connectivity index (χ2v) is 6.17.